The number of anilines is 3. The van der Waals surface area contributed by atoms with Gasteiger partial charge in [-0.15, -0.1) is 0 Å². The number of hydrogen-bond acceptors (Lipinski definition) is 5. The summed E-state index contributed by atoms with van der Waals surface area (Å²) in [5, 5.41) is 11.5. The smallest absolute Gasteiger partial charge is 0.337 e. The van der Waals surface area contributed by atoms with Gasteiger partial charge in [0.15, 0.2) is 0 Å². The summed E-state index contributed by atoms with van der Waals surface area (Å²) < 4.78 is 10.4. The fourth-order valence-electron chi connectivity index (χ4n) is 5.59. The molecule has 4 aromatic carbocycles. The van der Waals surface area contributed by atoms with Gasteiger partial charge in [-0.05, 0) is 85.3 Å². The Morgan fingerprint density at radius 1 is 0.795 bits per heavy atom. The zero-order valence-corrected chi connectivity index (χ0v) is 22.5. The zero-order chi connectivity index (χ0) is 27.4. The summed E-state index contributed by atoms with van der Waals surface area (Å²) in [7, 11) is 3.00. The maximum absolute atomic E-state index is 12.8. The summed E-state index contributed by atoms with van der Waals surface area (Å²) in [6, 6.07) is 36.6. The minimum atomic E-state index is -0.769. The van der Waals surface area contributed by atoms with E-state index >= 15 is 0 Å². The van der Waals surface area contributed by atoms with Crippen molar-refractivity contribution in [3.63, 3.8) is 0 Å². The topological polar surface area (TPSA) is 59.0 Å². The number of allylic oxidation sites excluding steroid dienone is 1. The van der Waals surface area contributed by atoms with Crippen molar-refractivity contribution >= 4 is 23.0 Å². The van der Waals surface area contributed by atoms with E-state index in [2.05, 4.69) is 53.4 Å². The number of nitrogens with zero attached hydrogens (tertiary/aromatic N) is 1. The van der Waals surface area contributed by atoms with Crippen molar-refractivity contribution in [2.24, 2.45) is 0 Å². The molecule has 0 amide bonds. The Kier molecular flexibility index (Phi) is 7.42. The molecule has 5 nitrogen and oxygen atoms in total. The quantitative estimate of drug-likeness (QED) is 0.251. The van der Waals surface area contributed by atoms with Crippen molar-refractivity contribution in [2.45, 2.75) is 31.1 Å². The first-order chi connectivity index (χ1) is 18.9. The number of benzene rings is 4. The van der Waals surface area contributed by atoms with Gasteiger partial charge in [0, 0.05) is 17.1 Å². The van der Waals surface area contributed by atoms with Crippen molar-refractivity contribution in [2.75, 3.05) is 19.1 Å². The molecule has 4 aromatic rings. The molecule has 0 heterocycles. The van der Waals surface area contributed by atoms with Crippen LogP contribution in [0.4, 0.5) is 17.1 Å². The van der Waals surface area contributed by atoms with Crippen LogP contribution < -0.4 is 9.64 Å². The fourth-order valence-corrected chi connectivity index (χ4v) is 5.59. The molecule has 0 aliphatic heterocycles. The van der Waals surface area contributed by atoms with Crippen LogP contribution >= 0.6 is 0 Å². The van der Waals surface area contributed by atoms with Crippen molar-refractivity contribution in [3.8, 4) is 5.75 Å². The fraction of sp³-hybridized carbons (Fsp3) is 0.206. The first-order valence-corrected chi connectivity index (χ1v) is 13.1. The van der Waals surface area contributed by atoms with E-state index in [1.54, 1.807) is 7.11 Å². The van der Waals surface area contributed by atoms with E-state index in [0.29, 0.717) is 18.4 Å². The van der Waals surface area contributed by atoms with Crippen LogP contribution in [0.2, 0.25) is 0 Å². The molecule has 198 valence electrons. The molecule has 39 heavy (non-hydrogen) atoms. The molecule has 1 aliphatic rings. The summed E-state index contributed by atoms with van der Waals surface area (Å²) in [5.41, 5.74) is 4.68. The van der Waals surface area contributed by atoms with Gasteiger partial charge < -0.3 is 19.5 Å². The maximum Gasteiger partial charge on any atom is 0.337 e. The van der Waals surface area contributed by atoms with Crippen LogP contribution in [-0.4, -0.2) is 25.3 Å². The number of carbonyl (C=O) groups excluding carboxylic acids is 1. The van der Waals surface area contributed by atoms with Crippen LogP contribution in [0, 0.1) is 0 Å². The molecule has 0 saturated heterocycles. The predicted octanol–water partition coefficient (Wildman–Crippen LogP) is 7.99. The Morgan fingerprint density at radius 2 is 1.33 bits per heavy atom. The van der Waals surface area contributed by atoms with Gasteiger partial charge in [-0.1, -0.05) is 60.7 Å². The molecule has 0 unspecified atom stereocenters. The van der Waals surface area contributed by atoms with Gasteiger partial charge >= 0.3 is 5.97 Å². The summed E-state index contributed by atoms with van der Waals surface area (Å²) in [4.78, 5) is 15.0. The Hall–Kier alpha value is -4.51. The van der Waals surface area contributed by atoms with E-state index < -0.39 is 11.4 Å². The van der Waals surface area contributed by atoms with Crippen LogP contribution in [0.25, 0.3) is 0 Å². The van der Waals surface area contributed by atoms with E-state index in [9.17, 15) is 9.90 Å². The number of aliphatic hydroxyl groups is 1. The molecule has 2 atom stereocenters. The van der Waals surface area contributed by atoms with Crippen molar-refractivity contribution in [3.05, 3.63) is 132 Å². The Morgan fingerprint density at radius 3 is 1.85 bits per heavy atom. The highest BCUT2D eigenvalue weighted by Gasteiger charge is 2.43. The Labute approximate surface area is 229 Å². The number of methoxy groups -OCH3 is 2. The number of rotatable bonds is 7. The van der Waals surface area contributed by atoms with Crippen LogP contribution in [0.5, 0.6) is 5.75 Å². The van der Waals surface area contributed by atoms with Gasteiger partial charge in [0.05, 0.1) is 25.2 Å². The predicted molar refractivity (Wildman–Crippen MR) is 155 cm³/mol. The molecule has 5 heteroatoms. The summed E-state index contributed by atoms with van der Waals surface area (Å²) >= 11 is 0. The molecular weight excluding hydrogens is 486 g/mol. The first kappa shape index (κ1) is 26.1. The van der Waals surface area contributed by atoms with E-state index in [-0.39, 0.29) is 11.7 Å². The van der Waals surface area contributed by atoms with Gasteiger partial charge in [0.25, 0.3) is 0 Å². The average molecular weight is 520 g/mol. The lowest BCUT2D eigenvalue weighted by Gasteiger charge is -2.39. The van der Waals surface area contributed by atoms with Gasteiger partial charge in [-0.3, -0.25) is 0 Å². The van der Waals surface area contributed by atoms with E-state index in [1.807, 2.05) is 67.6 Å². The highest BCUT2D eigenvalue weighted by molar-refractivity contribution is 5.90. The van der Waals surface area contributed by atoms with Gasteiger partial charge in [0.2, 0.25) is 0 Å². The maximum atomic E-state index is 12.8. The first-order valence-electron chi connectivity index (χ1n) is 13.1. The largest absolute Gasteiger partial charge is 0.511 e. The molecular formula is C34H33NO4. The van der Waals surface area contributed by atoms with E-state index in [0.717, 1.165) is 33.9 Å². The van der Waals surface area contributed by atoms with Gasteiger partial charge in [-0.25, -0.2) is 4.79 Å². The van der Waals surface area contributed by atoms with Crippen molar-refractivity contribution < 1.29 is 19.4 Å². The van der Waals surface area contributed by atoms with Crippen molar-refractivity contribution in [1.29, 1.82) is 0 Å². The molecule has 0 radical (unpaired) electrons. The summed E-state index contributed by atoms with van der Waals surface area (Å²) in [5.74, 6) is 0.388. The molecule has 0 aromatic heterocycles. The molecule has 5 rings (SSSR count). The second kappa shape index (κ2) is 11.1. The highest BCUT2D eigenvalue weighted by atomic mass is 16.5. The molecule has 0 saturated carbocycles. The number of carbonyl (C=O) groups is 1. The lowest BCUT2D eigenvalue weighted by Crippen LogP contribution is -2.34. The monoisotopic (exact) mass is 519 g/mol. The number of para-hydroxylation sites is 2. The lowest BCUT2D eigenvalue weighted by molar-refractivity contribution is -0.136. The second-order valence-electron chi connectivity index (χ2n) is 10.1. The van der Waals surface area contributed by atoms with Crippen LogP contribution in [0.1, 0.15) is 36.8 Å². The standard InChI is InChI=1S/C34H33NO4/c1-34(23-25(22-31(32(34)36)33(37)39-3)24-14-20-30(38-2)21-15-24)26-16-18-29(19-17-26)35(27-10-6-4-7-11-27)28-12-8-5-9-13-28/h4-21,25,36H,22-23H2,1-3H3/t25-,34-/m1/s1. The normalized spacial score (nSPS) is 18.9. The van der Waals surface area contributed by atoms with Crippen molar-refractivity contribution in [1.82, 2.24) is 0 Å². The Balaban J connectivity index is 1.55. The van der Waals surface area contributed by atoms with E-state index in [1.165, 1.54) is 7.11 Å². The average Bonchev–Trinajstić information content (AvgIpc) is 2.99. The molecule has 0 fully saturated rings. The zero-order valence-electron chi connectivity index (χ0n) is 22.5. The summed E-state index contributed by atoms with van der Waals surface area (Å²) in [6.07, 6.45) is 1.06. The minimum absolute atomic E-state index is 0.0238. The molecule has 0 bridgehead atoms. The van der Waals surface area contributed by atoms with Crippen LogP contribution in [-0.2, 0) is 14.9 Å². The highest BCUT2D eigenvalue weighted by Crippen LogP contribution is 2.49. The SMILES string of the molecule is COC(=O)C1=C(O)[C@@](C)(c2ccc(N(c3ccccc3)c3ccccc3)cc2)C[C@H](c2ccc(OC)cc2)C1. The minimum Gasteiger partial charge on any atom is -0.511 e. The number of esters is 1. The number of hydrogen-bond donors (Lipinski definition) is 1. The number of aliphatic hydroxyl groups excluding tert-OH is 1. The third-order valence-electron chi connectivity index (χ3n) is 7.72. The van der Waals surface area contributed by atoms with Crippen LogP contribution in [0.3, 0.4) is 0 Å². The summed E-state index contributed by atoms with van der Waals surface area (Å²) in [6.45, 7) is 2.00. The Bertz CT molecular complexity index is 1410. The van der Waals surface area contributed by atoms with Gasteiger partial charge in [-0.2, -0.15) is 0 Å². The number of ether oxygens (including phenoxy) is 2. The molecule has 1 N–H and O–H groups in total. The third kappa shape index (κ3) is 5.13. The lowest BCUT2D eigenvalue weighted by atomic mass is 9.66. The van der Waals surface area contributed by atoms with Gasteiger partial charge in [0.1, 0.15) is 11.5 Å². The van der Waals surface area contributed by atoms with E-state index in [4.69, 9.17) is 9.47 Å². The second-order valence-corrected chi connectivity index (χ2v) is 10.1. The van der Waals surface area contributed by atoms with Crippen LogP contribution in [0.15, 0.2) is 121 Å². The molecule has 0 spiro atoms. The molecule has 1 aliphatic carbocycles. The third-order valence-corrected chi connectivity index (χ3v) is 7.72.